The summed E-state index contributed by atoms with van der Waals surface area (Å²) in [4.78, 5) is 14.4. The number of hydrogen-bond acceptors (Lipinski definition) is 3. The molecule has 0 rings (SSSR count). The highest BCUT2D eigenvalue weighted by molar-refractivity contribution is 7.98. The van der Waals surface area contributed by atoms with Crippen LogP contribution in [0.1, 0.15) is 13.3 Å². The lowest BCUT2D eigenvalue weighted by molar-refractivity contribution is -0.117. The van der Waals surface area contributed by atoms with Crippen molar-refractivity contribution in [1.82, 2.24) is 5.32 Å². The van der Waals surface area contributed by atoms with Crippen LogP contribution >= 0.6 is 11.8 Å². The van der Waals surface area contributed by atoms with Crippen LogP contribution in [0.5, 0.6) is 0 Å². The van der Waals surface area contributed by atoms with Crippen LogP contribution in [0.25, 0.3) is 0 Å². The summed E-state index contributed by atoms with van der Waals surface area (Å²) in [5.74, 6) is 1.10. The van der Waals surface area contributed by atoms with Crippen molar-refractivity contribution in [2.24, 2.45) is 10.7 Å². The summed E-state index contributed by atoms with van der Waals surface area (Å²) < 4.78 is 0. The van der Waals surface area contributed by atoms with Crippen molar-refractivity contribution in [2.45, 2.75) is 13.3 Å². The third kappa shape index (κ3) is 7.40. The van der Waals surface area contributed by atoms with Crippen LogP contribution in [0.15, 0.2) is 4.99 Å². The Bertz CT molecular complexity index is 170. The molecular weight excluding hydrogens is 174 g/mol. The van der Waals surface area contributed by atoms with Crippen molar-refractivity contribution in [2.75, 3.05) is 18.6 Å². The third-order valence-corrected chi connectivity index (χ3v) is 1.79. The lowest BCUT2D eigenvalue weighted by Gasteiger charge is -1.99. The standard InChI is InChI=1S/C7H15N3OS/c1-6(11)10-7(8)9-4-3-5-12-2/h3-5H2,1-2H3,(H3,8,9,10,11). The molecule has 0 radical (unpaired) electrons. The van der Waals surface area contributed by atoms with Crippen LogP contribution in [-0.2, 0) is 4.79 Å². The van der Waals surface area contributed by atoms with Crippen LogP contribution in [-0.4, -0.2) is 30.4 Å². The summed E-state index contributed by atoms with van der Waals surface area (Å²) in [6.45, 7) is 2.08. The fraction of sp³-hybridized carbons (Fsp3) is 0.714. The predicted octanol–water partition coefficient (Wildman–Crippen LogP) is 0.190. The maximum Gasteiger partial charge on any atom is 0.223 e. The van der Waals surface area contributed by atoms with Gasteiger partial charge in [-0.3, -0.25) is 15.1 Å². The molecule has 0 aromatic carbocycles. The van der Waals surface area contributed by atoms with Gasteiger partial charge in [-0.05, 0) is 18.4 Å². The Kier molecular flexibility index (Phi) is 6.55. The Morgan fingerprint density at radius 3 is 2.83 bits per heavy atom. The van der Waals surface area contributed by atoms with Crippen molar-refractivity contribution in [3.63, 3.8) is 0 Å². The second kappa shape index (κ2) is 6.97. The zero-order valence-electron chi connectivity index (χ0n) is 7.46. The first-order valence-electron chi connectivity index (χ1n) is 3.73. The minimum absolute atomic E-state index is 0.180. The number of hydrogen-bond donors (Lipinski definition) is 2. The van der Waals surface area contributed by atoms with Crippen molar-refractivity contribution >= 4 is 23.6 Å². The fourth-order valence-electron chi connectivity index (χ4n) is 0.628. The number of nitrogens with zero attached hydrogens (tertiary/aromatic N) is 1. The Morgan fingerprint density at radius 2 is 2.33 bits per heavy atom. The molecule has 0 saturated heterocycles. The van der Waals surface area contributed by atoms with E-state index >= 15 is 0 Å². The molecule has 0 bridgehead atoms. The van der Waals surface area contributed by atoms with E-state index in [1.54, 1.807) is 11.8 Å². The van der Waals surface area contributed by atoms with Crippen LogP contribution in [0, 0.1) is 0 Å². The van der Waals surface area contributed by atoms with Gasteiger partial charge in [0.2, 0.25) is 5.91 Å². The summed E-state index contributed by atoms with van der Waals surface area (Å²) >= 11 is 1.77. The molecule has 0 aliphatic carbocycles. The molecule has 5 heteroatoms. The summed E-state index contributed by atoms with van der Waals surface area (Å²) in [7, 11) is 0. The smallest absolute Gasteiger partial charge is 0.223 e. The van der Waals surface area contributed by atoms with Gasteiger partial charge in [0, 0.05) is 13.5 Å². The van der Waals surface area contributed by atoms with Crippen molar-refractivity contribution in [3.05, 3.63) is 0 Å². The molecule has 3 N–H and O–H groups in total. The number of nitrogens with one attached hydrogen (secondary N) is 1. The topological polar surface area (TPSA) is 67.5 Å². The SMILES string of the molecule is CSCCCN=C(N)NC(C)=O. The van der Waals surface area contributed by atoms with Gasteiger partial charge >= 0.3 is 0 Å². The maximum absolute atomic E-state index is 10.5. The minimum atomic E-state index is -0.180. The Labute approximate surface area is 77.0 Å². The molecule has 0 aromatic rings. The van der Waals surface area contributed by atoms with E-state index in [1.807, 2.05) is 6.26 Å². The lowest BCUT2D eigenvalue weighted by Crippen LogP contribution is -2.35. The number of thioether (sulfide) groups is 1. The minimum Gasteiger partial charge on any atom is -0.370 e. The highest BCUT2D eigenvalue weighted by Gasteiger charge is 1.93. The number of nitrogens with two attached hydrogens (primary N) is 1. The molecule has 0 fully saturated rings. The largest absolute Gasteiger partial charge is 0.370 e. The molecular formula is C7H15N3OS. The van der Waals surface area contributed by atoms with E-state index in [-0.39, 0.29) is 11.9 Å². The van der Waals surface area contributed by atoms with E-state index in [1.165, 1.54) is 6.92 Å². The first-order valence-corrected chi connectivity index (χ1v) is 5.12. The lowest BCUT2D eigenvalue weighted by atomic mass is 10.5. The van der Waals surface area contributed by atoms with Gasteiger partial charge < -0.3 is 5.73 Å². The second-order valence-electron chi connectivity index (χ2n) is 2.29. The van der Waals surface area contributed by atoms with Gasteiger partial charge in [0.25, 0.3) is 0 Å². The maximum atomic E-state index is 10.5. The molecule has 0 unspecified atom stereocenters. The molecule has 0 spiro atoms. The molecule has 12 heavy (non-hydrogen) atoms. The van der Waals surface area contributed by atoms with Gasteiger partial charge in [-0.25, -0.2) is 0 Å². The highest BCUT2D eigenvalue weighted by atomic mass is 32.2. The number of carbonyl (C=O) groups excluding carboxylic acids is 1. The second-order valence-corrected chi connectivity index (χ2v) is 3.28. The van der Waals surface area contributed by atoms with Gasteiger partial charge in [0.05, 0.1) is 0 Å². The zero-order chi connectivity index (χ0) is 9.40. The highest BCUT2D eigenvalue weighted by Crippen LogP contribution is 1.94. The van der Waals surface area contributed by atoms with Crippen LogP contribution in [0.4, 0.5) is 0 Å². The van der Waals surface area contributed by atoms with Crippen LogP contribution in [0.2, 0.25) is 0 Å². The van der Waals surface area contributed by atoms with Crippen molar-refractivity contribution < 1.29 is 4.79 Å². The normalized spacial score (nSPS) is 11.3. The first kappa shape index (κ1) is 11.3. The monoisotopic (exact) mass is 189 g/mol. The van der Waals surface area contributed by atoms with Crippen molar-refractivity contribution in [3.8, 4) is 0 Å². The molecule has 0 aliphatic heterocycles. The molecule has 0 atom stereocenters. The molecule has 4 nitrogen and oxygen atoms in total. The summed E-state index contributed by atoms with van der Waals surface area (Å²) in [5.41, 5.74) is 5.37. The number of guanidine groups is 1. The number of rotatable bonds is 4. The summed E-state index contributed by atoms with van der Waals surface area (Å²) in [6, 6.07) is 0. The summed E-state index contributed by atoms with van der Waals surface area (Å²) in [6.07, 6.45) is 3.03. The van der Waals surface area contributed by atoms with Gasteiger partial charge in [-0.2, -0.15) is 11.8 Å². The quantitative estimate of drug-likeness (QED) is 0.377. The number of amides is 1. The Balaban J connectivity index is 3.48. The van der Waals surface area contributed by atoms with E-state index in [0.717, 1.165) is 12.2 Å². The van der Waals surface area contributed by atoms with E-state index in [9.17, 15) is 4.79 Å². The number of carbonyl (C=O) groups is 1. The first-order chi connectivity index (χ1) is 5.66. The van der Waals surface area contributed by atoms with Crippen molar-refractivity contribution in [1.29, 1.82) is 0 Å². The van der Waals surface area contributed by atoms with Gasteiger partial charge in [-0.1, -0.05) is 0 Å². The Morgan fingerprint density at radius 1 is 1.67 bits per heavy atom. The molecule has 0 heterocycles. The Hall–Kier alpha value is -0.710. The zero-order valence-corrected chi connectivity index (χ0v) is 8.28. The predicted molar refractivity (Wildman–Crippen MR) is 53.3 cm³/mol. The average molecular weight is 189 g/mol. The van der Waals surface area contributed by atoms with E-state index in [2.05, 4.69) is 10.3 Å². The van der Waals surface area contributed by atoms with Gasteiger partial charge in [0.1, 0.15) is 0 Å². The van der Waals surface area contributed by atoms with Gasteiger partial charge in [0.15, 0.2) is 5.96 Å². The molecule has 0 aromatic heterocycles. The molecule has 0 aliphatic rings. The van der Waals surface area contributed by atoms with E-state index in [0.29, 0.717) is 6.54 Å². The van der Waals surface area contributed by atoms with Gasteiger partial charge in [-0.15, -0.1) is 0 Å². The average Bonchev–Trinajstić information content (AvgIpc) is 1.97. The molecule has 70 valence electrons. The fourth-order valence-corrected chi connectivity index (χ4v) is 1.05. The molecule has 0 saturated carbocycles. The van der Waals surface area contributed by atoms with E-state index in [4.69, 9.17) is 5.73 Å². The van der Waals surface area contributed by atoms with Crippen LogP contribution in [0.3, 0.4) is 0 Å². The molecule has 1 amide bonds. The van der Waals surface area contributed by atoms with E-state index < -0.39 is 0 Å². The summed E-state index contributed by atoms with van der Waals surface area (Å²) in [5, 5.41) is 2.40. The van der Waals surface area contributed by atoms with Crippen LogP contribution < -0.4 is 11.1 Å². The third-order valence-electron chi connectivity index (χ3n) is 1.09. The number of aliphatic imine (C=N–C) groups is 1.